The van der Waals surface area contributed by atoms with Gasteiger partial charge in [0.1, 0.15) is 16.6 Å². The molecule has 3 aromatic rings. The fourth-order valence-corrected chi connectivity index (χ4v) is 3.60. The van der Waals surface area contributed by atoms with Gasteiger partial charge in [-0.1, -0.05) is 6.07 Å². The molecule has 2 heterocycles. The van der Waals surface area contributed by atoms with Crippen molar-refractivity contribution >= 4 is 39.9 Å². The minimum atomic E-state index is -0.385. The number of nitriles is 1. The molecule has 0 bridgehead atoms. The van der Waals surface area contributed by atoms with Gasteiger partial charge >= 0.3 is 5.97 Å². The number of hydrogen-bond donors (Lipinski definition) is 1. The van der Waals surface area contributed by atoms with Gasteiger partial charge in [0.15, 0.2) is 0 Å². The molecule has 1 aromatic carbocycles. The molecule has 25 heavy (non-hydrogen) atoms. The SMILES string of the molecule is COC(=O)c1ccc(N/C=C(\C#N)c2nc(-c3cccs3)cs2)cc1. The Hall–Kier alpha value is -2.95. The maximum atomic E-state index is 11.4. The molecule has 2 aromatic heterocycles. The number of thiazole rings is 1. The average molecular weight is 367 g/mol. The Balaban J connectivity index is 1.75. The van der Waals surface area contributed by atoms with Crippen molar-refractivity contribution in [1.29, 1.82) is 5.26 Å². The van der Waals surface area contributed by atoms with Crippen LogP contribution in [-0.2, 0) is 4.74 Å². The molecule has 0 radical (unpaired) electrons. The number of thiophene rings is 1. The number of aromatic nitrogens is 1. The van der Waals surface area contributed by atoms with Crippen LogP contribution >= 0.6 is 22.7 Å². The van der Waals surface area contributed by atoms with E-state index < -0.39 is 0 Å². The van der Waals surface area contributed by atoms with E-state index in [0.29, 0.717) is 16.1 Å². The summed E-state index contributed by atoms with van der Waals surface area (Å²) >= 11 is 3.04. The molecule has 0 aliphatic rings. The summed E-state index contributed by atoms with van der Waals surface area (Å²) in [5.74, 6) is -0.385. The predicted octanol–water partition coefficient (Wildman–Crippen LogP) is 4.63. The Bertz CT molecular complexity index is 936. The third-order valence-corrected chi connectivity index (χ3v) is 5.09. The second kappa shape index (κ2) is 7.75. The van der Waals surface area contributed by atoms with Crippen LogP contribution in [0.2, 0.25) is 0 Å². The summed E-state index contributed by atoms with van der Waals surface area (Å²) in [5, 5.41) is 17.0. The Morgan fingerprint density at radius 3 is 2.72 bits per heavy atom. The third-order valence-electron chi connectivity index (χ3n) is 3.32. The summed E-state index contributed by atoms with van der Waals surface area (Å²) in [4.78, 5) is 17.0. The number of carbonyl (C=O) groups is 1. The van der Waals surface area contributed by atoms with Gasteiger partial charge < -0.3 is 10.1 Å². The highest BCUT2D eigenvalue weighted by atomic mass is 32.1. The summed E-state index contributed by atoms with van der Waals surface area (Å²) in [6.07, 6.45) is 1.62. The Morgan fingerprint density at radius 2 is 2.08 bits per heavy atom. The molecule has 0 saturated heterocycles. The number of methoxy groups -OCH3 is 1. The lowest BCUT2D eigenvalue weighted by Gasteiger charge is -2.03. The molecule has 124 valence electrons. The van der Waals surface area contributed by atoms with Gasteiger partial charge in [0.05, 0.1) is 23.2 Å². The Morgan fingerprint density at radius 1 is 1.28 bits per heavy atom. The van der Waals surface area contributed by atoms with E-state index in [4.69, 9.17) is 0 Å². The quantitative estimate of drug-likeness (QED) is 0.525. The zero-order valence-corrected chi connectivity index (χ0v) is 14.9. The van der Waals surface area contributed by atoms with Crippen LogP contribution < -0.4 is 5.32 Å². The number of esters is 1. The average Bonchev–Trinajstić information content (AvgIpc) is 3.34. The van der Waals surface area contributed by atoms with Crippen LogP contribution in [0.25, 0.3) is 16.1 Å². The lowest BCUT2D eigenvalue weighted by Crippen LogP contribution is -2.00. The topological polar surface area (TPSA) is 75.0 Å². The highest BCUT2D eigenvalue weighted by Crippen LogP contribution is 2.28. The van der Waals surface area contributed by atoms with Crippen LogP contribution in [0.4, 0.5) is 5.69 Å². The maximum absolute atomic E-state index is 11.4. The van der Waals surface area contributed by atoms with Gasteiger partial charge in [0, 0.05) is 17.3 Å². The van der Waals surface area contributed by atoms with E-state index >= 15 is 0 Å². The number of benzene rings is 1. The first-order valence-electron chi connectivity index (χ1n) is 7.26. The minimum absolute atomic E-state index is 0.385. The lowest BCUT2D eigenvalue weighted by molar-refractivity contribution is 0.0601. The smallest absolute Gasteiger partial charge is 0.337 e. The summed E-state index contributed by atoms with van der Waals surface area (Å²) in [7, 11) is 1.34. The van der Waals surface area contributed by atoms with Crippen molar-refractivity contribution < 1.29 is 9.53 Å². The number of hydrogen-bond acceptors (Lipinski definition) is 7. The standard InChI is InChI=1S/C18H13N3O2S2/c1-23-18(22)12-4-6-14(7-5-12)20-10-13(9-19)17-21-15(11-25-17)16-3-2-8-24-16/h2-8,10-11,20H,1H3/b13-10+. The van der Waals surface area contributed by atoms with E-state index in [0.717, 1.165) is 16.3 Å². The predicted molar refractivity (Wildman–Crippen MR) is 100 cm³/mol. The molecule has 7 heteroatoms. The summed E-state index contributed by atoms with van der Waals surface area (Å²) in [5.41, 5.74) is 2.55. The third kappa shape index (κ3) is 3.94. The molecular formula is C18H13N3O2S2. The first kappa shape index (κ1) is 16.9. The Labute approximate surface area is 152 Å². The van der Waals surface area contributed by atoms with Gasteiger partial charge in [-0.25, -0.2) is 9.78 Å². The normalized spacial score (nSPS) is 11.0. The molecule has 0 fully saturated rings. The van der Waals surface area contributed by atoms with Crippen LogP contribution in [0.1, 0.15) is 15.4 Å². The van der Waals surface area contributed by atoms with Crippen LogP contribution in [0.5, 0.6) is 0 Å². The van der Waals surface area contributed by atoms with Crippen molar-refractivity contribution in [2.45, 2.75) is 0 Å². The number of allylic oxidation sites excluding steroid dienone is 1. The highest BCUT2D eigenvalue weighted by molar-refractivity contribution is 7.14. The molecule has 0 saturated carbocycles. The van der Waals surface area contributed by atoms with Crippen molar-refractivity contribution in [1.82, 2.24) is 4.98 Å². The molecule has 0 spiro atoms. The zero-order chi connectivity index (χ0) is 17.6. The first-order valence-corrected chi connectivity index (χ1v) is 9.02. The van der Waals surface area contributed by atoms with Crippen molar-refractivity contribution in [2.75, 3.05) is 12.4 Å². The maximum Gasteiger partial charge on any atom is 0.337 e. The highest BCUT2D eigenvalue weighted by Gasteiger charge is 2.09. The largest absolute Gasteiger partial charge is 0.465 e. The van der Waals surface area contributed by atoms with E-state index in [2.05, 4.69) is 21.1 Å². The van der Waals surface area contributed by atoms with Crippen LogP contribution in [0.3, 0.4) is 0 Å². The monoisotopic (exact) mass is 367 g/mol. The molecule has 0 aliphatic carbocycles. The van der Waals surface area contributed by atoms with Crippen molar-refractivity contribution in [3.8, 4) is 16.6 Å². The van der Waals surface area contributed by atoms with Crippen molar-refractivity contribution in [3.63, 3.8) is 0 Å². The molecule has 5 nitrogen and oxygen atoms in total. The van der Waals surface area contributed by atoms with E-state index in [1.54, 1.807) is 41.8 Å². The van der Waals surface area contributed by atoms with Gasteiger partial charge in [0.2, 0.25) is 0 Å². The first-order chi connectivity index (χ1) is 12.2. The zero-order valence-electron chi connectivity index (χ0n) is 13.2. The van der Waals surface area contributed by atoms with Gasteiger partial charge in [0.25, 0.3) is 0 Å². The Kier molecular flexibility index (Phi) is 5.23. The van der Waals surface area contributed by atoms with Crippen LogP contribution in [0, 0.1) is 11.3 Å². The second-order valence-electron chi connectivity index (χ2n) is 4.90. The molecule has 1 N–H and O–H groups in total. The number of nitrogens with one attached hydrogen (secondary N) is 1. The fourth-order valence-electron chi connectivity index (χ4n) is 2.05. The number of nitrogens with zero attached hydrogens (tertiary/aromatic N) is 2. The number of rotatable bonds is 5. The fraction of sp³-hybridized carbons (Fsp3) is 0.0556. The second-order valence-corrected chi connectivity index (χ2v) is 6.70. The van der Waals surface area contributed by atoms with E-state index in [1.807, 2.05) is 22.9 Å². The van der Waals surface area contributed by atoms with Crippen molar-refractivity contribution in [2.24, 2.45) is 0 Å². The van der Waals surface area contributed by atoms with Gasteiger partial charge in [-0.15, -0.1) is 22.7 Å². The molecule has 0 atom stereocenters. The number of carbonyl (C=O) groups excluding carboxylic acids is 1. The number of anilines is 1. The summed E-state index contributed by atoms with van der Waals surface area (Å²) in [6, 6.07) is 12.9. The number of ether oxygens (including phenoxy) is 1. The molecule has 3 rings (SSSR count). The minimum Gasteiger partial charge on any atom is -0.465 e. The summed E-state index contributed by atoms with van der Waals surface area (Å²) in [6.45, 7) is 0. The molecule has 0 aliphatic heterocycles. The van der Waals surface area contributed by atoms with E-state index in [9.17, 15) is 10.1 Å². The summed E-state index contributed by atoms with van der Waals surface area (Å²) < 4.78 is 4.66. The van der Waals surface area contributed by atoms with Gasteiger partial charge in [-0.2, -0.15) is 5.26 Å². The van der Waals surface area contributed by atoms with E-state index in [-0.39, 0.29) is 5.97 Å². The van der Waals surface area contributed by atoms with Crippen LogP contribution in [0.15, 0.2) is 53.4 Å². The molecule has 0 unspecified atom stereocenters. The van der Waals surface area contributed by atoms with Crippen LogP contribution in [-0.4, -0.2) is 18.1 Å². The molecule has 0 amide bonds. The van der Waals surface area contributed by atoms with Gasteiger partial charge in [-0.05, 0) is 35.7 Å². The van der Waals surface area contributed by atoms with E-state index in [1.165, 1.54) is 18.4 Å². The molecular weight excluding hydrogens is 354 g/mol. The van der Waals surface area contributed by atoms with Crippen molar-refractivity contribution in [3.05, 3.63) is 63.9 Å². The van der Waals surface area contributed by atoms with Gasteiger partial charge in [-0.3, -0.25) is 0 Å². The lowest BCUT2D eigenvalue weighted by atomic mass is 10.2.